The lowest BCUT2D eigenvalue weighted by Gasteiger charge is -2.16. The second-order valence-electron chi connectivity index (χ2n) is 7.50. The third-order valence-electron chi connectivity index (χ3n) is 5.61. The molecule has 30 heavy (non-hydrogen) atoms. The first-order valence-electron chi connectivity index (χ1n) is 10.0. The Kier molecular flexibility index (Phi) is 6.72. The number of aryl methyl sites for hydroxylation is 1. The van der Waals surface area contributed by atoms with Crippen LogP contribution >= 0.6 is 35.0 Å². The van der Waals surface area contributed by atoms with Crippen molar-refractivity contribution in [1.29, 1.82) is 0 Å². The third-order valence-corrected chi connectivity index (χ3v) is 6.80. The van der Waals surface area contributed by atoms with Gasteiger partial charge in [0.1, 0.15) is 0 Å². The second-order valence-corrected chi connectivity index (χ2v) is 9.33. The molecule has 3 aromatic carbocycles. The van der Waals surface area contributed by atoms with Crippen LogP contribution in [-0.2, 0) is 6.42 Å². The fourth-order valence-electron chi connectivity index (χ4n) is 4.10. The topological polar surface area (TPSA) is 29.1 Å². The minimum atomic E-state index is -0.0318. The number of hydrogen-bond acceptors (Lipinski definition) is 2. The van der Waals surface area contributed by atoms with E-state index < -0.39 is 0 Å². The van der Waals surface area contributed by atoms with Crippen LogP contribution in [-0.4, -0.2) is 24.5 Å². The van der Waals surface area contributed by atoms with E-state index in [1.807, 2.05) is 42.7 Å². The Morgan fingerprint density at radius 2 is 1.87 bits per heavy atom. The van der Waals surface area contributed by atoms with E-state index in [1.165, 1.54) is 11.1 Å². The molecule has 2 nitrogen and oxygen atoms in total. The maximum absolute atomic E-state index is 12.4. The van der Waals surface area contributed by atoms with Crippen LogP contribution in [0, 0.1) is 0 Å². The highest BCUT2D eigenvalue weighted by Crippen LogP contribution is 2.43. The summed E-state index contributed by atoms with van der Waals surface area (Å²) in [6.07, 6.45) is 4.09. The molecule has 0 aromatic heterocycles. The normalized spacial score (nSPS) is 15.1. The van der Waals surface area contributed by atoms with E-state index in [4.69, 9.17) is 23.2 Å². The van der Waals surface area contributed by atoms with Crippen LogP contribution in [0.15, 0.2) is 60.7 Å². The summed E-state index contributed by atoms with van der Waals surface area (Å²) >= 11 is 14.5. The Labute approximate surface area is 192 Å². The van der Waals surface area contributed by atoms with Gasteiger partial charge in [-0.2, -0.15) is 11.8 Å². The molecule has 1 N–H and O–H groups in total. The largest absolute Gasteiger partial charge is 0.351 e. The second kappa shape index (κ2) is 9.47. The highest BCUT2D eigenvalue weighted by atomic mass is 35.5. The van der Waals surface area contributed by atoms with Crippen molar-refractivity contribution in [3.63, 3.8) is 0 Å². The van der Waals surface area contributed by atoms with E-state index in [9.17, 15) is 4.79 Å². The van der Waals surface area contributed by atoms with Crippen LogP contribution < -0.4 is 5.32 Å². The van der Waals surface area contributed by atoms with Gasteiger partial charge >= 0.3 is 0 Å². The van der Waals surface area contributed by atoms with Gasteiger partial charge in [0, 0.05) is 33.8 Å². The average Bonchev–Trinajstić information content (AvgIpc) is 3.18. The van der Waals surface area contributed by atoms with E-state index in [1.54, 1.807) is 11.8 Å². The van der Waals surface area contributed by atoms with Gasteiger partial charge in [-0.1, -0.05) is 53.5 Å². The number of carbonyl (C=O) groups is 1. The summed E-state index contributed by atoms with van der Waals surface area (Å²) in [6, 6.07) is 20.1. The Morgan fingerprint density at radius 1 is 1.03 bits per heavy atom. The van der Waals surface area contributed by atoms with Crippen LogP contribution in [0.25, 0.3) is 11.1 Å². The van der Waals surface area contributed by atoms with Gasteiger partial charge < -0.3 is 5.32 Å². The zero-order valence-electron chi connectivity index (χ0n) is 16.8. The van der Waals surface area contributed by atoms with E-state index in [0.717, 1.165) is 40.3 Å². The lowest BCUT2D eigenvalue weighted by Crippen LogP contribution is -2.25. The van der Waals surface area contributed by atoms with E-state index in [2.05, 4.69) is 29.6 Å². The number of carbonyl (C=O) groups excluding carboxylic acids is 1. The highest BCUT2D eigenvalue weighted by molar-refractivity contribution is 7.98. The molecule has 0 radical (unpaired) electrons. The van der Waals surface area contributed by atoms with Crippen molar-refractivity contribution in [1.82, 2.24) is 5.32 Å². The number of rotatable bonds is 6. The Balaban J connectivity index is 1.64. The summed E-state index contributed by atoms with van der Waals surface area (Å²) in [5, 5.41) is 4.44. The molecule has 0 saturated heterocycles. The number of halogens is 2. The van der Waals surface area contributed by atoms with Gasteiger partial charge in [-0.3, -0.25) is 4.79 Å². The molecule has 4 rings (SSSR count). The molecule has 1 unspecified atom stereocenters. The van der Waals surface area contributed by atoms with Crippen LogP contribution in [0.5, 0.6) is 0 Å². The predicted molar refractivity (Wildman–Crippen MR) is 129 cm³/mol. The molecule has 0 fully saturated rings. The van der Waals surface area contributed by atoms with Crippen molar-refractivity contribution in [2.24, 2.45) is 0 Å². The molecule has 0 saturated carbocycles. The van der Waals surface area contributed by atoms with Gasteiger partial charge in [-0.25, -0.2) is 0 Å². The van der Waals surface area contributed by atoms with E-state index >= 15 is 0 Å². The molecule has 3 aromatic rings. The number of benzene rings is 3. The molecule has 1 atom stereocenters. The summed E-state index contributed by atoms with van der Waals surface area (Å²) in [4.78, 5) is 12.4. The zero-order chi connectivity index (χ0) is 21.1. The monoisotopic (exact) mass is 455 g/mol. The summed E-state index contributed by atoms with van der Waals surface area (Å²) in [5.74, 6) is 1.11. The SMILES string of the molecule is CSCCNC(=O)c1cccc(-c2ccc3c(c2)C(c2cc(Cl)ccc2Cl)CC3)c1. The molecule has 0 heterocycles. The fraction of sp³-hybridized carbons (Fsp3) is 0.240. The van der Waals surface area contributed by atoms with Crippen molar-refractivity contribution >= 4 is 40.9 Å². The summed E-state index contributed by atoms with van der Waals surface area (Å²) in [5.41, 5.74) is 6.57. The smallest absolute Gasteiger partial charge is 0.251 e. The molecule has 1 amide bonds. The molecule has 0 spiro atoms. The first-order valence-corrected chi connectivity index (χ1v) is 12.2. The standard InChI is InChI=1S/C25H23Cl2NOS/c1-30-12-11-28-25(29)19-4-2-3-17(13-19)18-6-5-16-7-9-21(22(16)14-18)23-15-20(26)8-10-24(23)27/h2-6,8,10,13-15,21H,7,9,11-12H2,1H3,(H,28,29). The number of fused-ring (bicyclic) bond motifs is 1. The summed E-state index contributed by atoms with van der Waals surface area (Å²) in [6.45, 7) is 0.672. The van der Waals surface area contributed by atoms with Crippen molar-refractivity contribution < 1.29 is 4.79 Å². The van der Waals surface area contributed by atoms with Gasteiger partial charge in [-0.15, -0.1) is 0 Å². The minimum Gasteiger partial charge on any atom is -0.351 e. The van der Waals surface area contributed by atoms with Crippen molar-refractivity contribution in [2.75, 3.05) is 18.6 Å². The first-order chi connectivity index (χ1) is 14.6. The van der Waals surface area contributed by atoms with E-state index in [0.29, 0.717) is 17.1 Å². The number of amides is 1. The van der Waals surface area contributed by atoms with Gasteiger partial charge in [0.25, 0.3) is 5.91 Å². The molecular weight excluding hydrogens is 433 g/mol. The minimum absolute atomic E-state index is 0.0318. The zero-order valence-corrected chi connectivity index (χ0v) is 19.1. The van der Waals surface area contributed by atoms with Crippen LogP contribution in [0.3, 0.4) is 0 Å². The maximum Gasteiger partial charge on any atom is 0.251 e. The van der Waals surface area contributed by atoms with Crippen LogP contribution in [0.1, 0.15) is 39.4 Å². The van der Waals surface area contributed by atoms with Crippen LogP contribution in [0.4, 0.5) is 0 Å². The van der Waals surface area contributed by atoms with Crippen molar-refractivity contribution in [3.8, 4) is 11.1 Å². The summed E-state index contributed by atoms with van der Waals surface area (Å²) in [7, 11) is 0. The van der Waals surface area contributed by atoms with Gasteiger partial charge in [0.15, 0.2) is 0 Å². The van der Waals surface area contributed by atoms with Gasteiger partial charge in [-0.05, 0) is 77.2 Å². The van der Waals surface area contributed by atoms with Crippen molar-refractivity contribution in [3.05, 3.63) is 93.0 Å². The molecule has 154 valence electrons. The molecule has 1 aliphatic rings. The molecule has 0 bridgehead atoms. The third kappa shape index (κ3) is 4.54. The Bertz CT molecular complexity index is 1080. The van der Waals surface area contributed by atoms with Crippen LogP contribution in [0.2, 0.25) is 10.0 Å². The van der Waals surface area contributed by atoms with Gasteiger partial charge in [0.2, 0.25) is 0 Å². The predicted octanol–water partition coefficient (Wildman–Crippen LogP) is 6.83. The lowest BCUT2D eigenvalue weighted by atomic mass is 9.90. The first kappa shape index (κ1) is 21.3. The lowest BCUT2D eigenvalue weighted by molar-refractivity contribution is 0.0956. The Morgan fingerprint density at radius 3 is 2.70 bits per heavy atom. The van der Waals surface area contributed by atoms with Gasteiger partial charge in [0.05, 0.1) is 0 Å². The molecular formula is C25H23Cl2NOS. The molecule has 1 aliphatic carbocycles. The number of hydrogen-bond donors (Lipinski definition) is 1. The highest BCUT2D eigenvalue weighted by Gasteiger charge is 2.26. The van der Waals surface area contributed by atoms with E-state index in [-0.39, 0.29) is 11.8 Å². The quantitative estimate of drug-likeness (QED) is 0.412. The average molecular weight is 456 g/mol. The maximum atomic E-state index is 12.4. The molecule has 5 heteroatoms. The number of nitrogens with one attached hydrogen (secondary N) is 1. The number of thioether (sulfide) groups is 1. The molecule has 0 aliphatic heterocycles. The Hall–Kier alpha value is -1.94. The summed E-state index contributed by atoms with van der Waals surface area (Å²) < 4.78 is 0. The fourth-order valence-corrected chi connectivity index (χ4v) is 4.83. The van der Waals surface area contributed by atoms with Crippen molar-refractivity contribution in [2.45, 2.75) is 18.8 Å².